The Morgan fingerprint density at radius 3 is 2.58 bits per heavy atom. The van der Waals surface area contributed by atoms with Gasteiger partial charge in [0.1, 0.15) is 17.4 Å². The Morgan fingerprint density at radius 1 is 1.23 bits per heavy atom. The maximum Gasteiger partial charge on any atom is 0.294 e. The van der Waals surface area contributed by atoms with E-state index in [0.717, 1.165) is 6.07 Å². The van der Waals surface area contributed by atoms with Crippen molar-refractivity contribution in [3.8, 4) is 11.8 Å². The number of nitrogens with zero attached hydrogens (tertiary/aromatic N) is 1. The lowest BCUT2D eigenvalue weighted by Crippen LogP contribution is -2.15. The van der Waals surface area contributed by atoms with Gasteiger partial charge in [-0.2, -0.15) is 13.7 Å². The van der Waals surface area contributed by atoms with Crippen molar-refractivity contribution in [2.24, 2.45) is 0 Å². The average molecular weight is 373 g/mol. The molecule has 0 spiro atoms. The number of hydrogen-bond donors (Lipinski definition) is 4. The van der Waals surface area contributed by atoms with E-state index in [4.69, 9.17) is 9.81 Å². The molecule has 0 saturated carbocycles. The lowest BCUT2D eigenvalue weighted by Gasteiger charge is -2.08. The van der Waals surface area contributed by atoms with Gasteiger partial charge in [0.05, 0.1) is 4.90 Å². The summed E-state index contributed by atoms with van der Waals surface area (Å²) in [5, 5.41) is 23.7. The SMILES string of the molecule is Cc1cc(O)ccc1N/C=C(/C#N)C(=O)Nc1cccc(S(=O)(=O)O)c1. The molecule has 26 heavy (non-hydrogen) atoms. The number of nitriles is 1. The predicted molar refractivity (Wildman–Crippen MR) is 95.0 cm³/mol. The molecule has 0 aliphatic heterocycles. The Morgan fingerprint density at radius 2 is 1.96 bits per heavy atom. The normalized spacial score (nSPS) is 11.5. The van der Waals surface area contributed by atoms with Gasteiger partial charge in [-0.15, -0.1) is 0 Å². The van der Waals surface area contributed by atoms with E-state index in [2.05, 4.69) is 10.6 Å². The molecule has 2 aromatic rings. The van der Waals surface area contributed by atoms with Crippen LogP contribution in [-0.4, -0.2) is 24.0 Å². The molecule has 0 bridgehead atoms. The molecule has 0 aromatic heterocycles. The van der Waals surface area contributed by atoms with Crippen LogP contribution in [0.15, 0.2) is 59.1 Å². The maximum atomic E-state index is 12.2. The first-order chi connectivity index (χ1) is 12.2. The van der Waals surface area contributed by atoms with Gasteiger partial charge in [-0.25, -0.2) is 0 Å². The van der Waals surface area contributed by atoms with Crippen LogP contribution in [0.25, 0.3) is 0 Å². The molecule has 0 atom stereocenters. The molecule has 0 unspecified atom stereocenters. The van der Waals surface area contributed by atoms with E-state index < -0.39 is 16.0 Å². The third kappa shape index (κ3) is 4.83. The monoisotopic (exact) mass is 373 g/mol. The molecule has 0 radical (unpaired) electrons. The minimum absolute atomic E-state index is 0.0917. The Balaban J connectivity index is 2.17. The summed E-state index contributed by atoms with van der Waals surface area (Å²) in [6, 6.07) is 11.3. The van der Waals surface area contributed by atoms with Crippen LogP contribution in [0, 0.1) is 18.3 Å². The van der Waals surface area contributed by atoms with Crippen LogP contribution in [0.5, 0.6) is 5.75 Å². The number of anilines is 2. The highest BCUT2D eigenvalue weighted by Gasteiger charge is 2.13. The molecule has 0 aliphatic rings. The molecule has 4 N–H and O–H groups in total. The van der Waals surface area contributed by atoms with Gasteiger partial charge in [0.25, 0.3) is 16.0 Å². The third-order valence-electron chi connectivity index (χ3n) is 3.34. The van der Waals surface area contributed by atoms with Crippen molar-refractivity contribution in [1.29, 1.82) is 5.26 Å². The lowest BCUT2D eigenvalue weighted by molar-refractivity contribution is -0.112. The summed E-state index contributed by atoms with van der Waals surface area (Å²) in [6.07, 6.45) is 1.20. The molecule has 0 fully saturated rings. The zero-order valence-electron chi connectivity index (χ0n) is 13.6. The summed E-state index contributed by atoms with van der Waals surface area (Å²) < 4.78 is 31.3. The number of hydrogen-bond acceptors (Lipinski definition) is 6. The zero-order valence-corrected chi connectivity index (χ0v) is 14.4. The first-order valence-corrected chi connectivity index (χ1v) is 8.70. The van der Waals surface area contributed by atoms with Crippen molar-refractivity contribution in [2.45, 2.75) is 11.8 Å². The molecule has 2 aromatic carbocycles. The highest BCUT2D eigenvalue weighted by Crippen LogP contribution is 2.20. The van der Waals surface area contributed by atoms with E-state index >= 15 is 0 Å². The van der Waals surface area contributed by atoms with Crippen molar-refractivity contribution in [2.75, 3.05) is 10.6 Å². The number of rotatable bonds is 5. The first-order valence-electron chi connectivity index (χ1n) is 7.26. The number of phenolic OH excluding ortho intramolecular Hbond substituents is 1. The van der Waals surface area contributed by atoms with E-state index in [0.29, 0.717) is 11.3 Å². The van der Waals surface area contributed by atoms with E-state index in [1.807, 2.05) is 0 Å². The van der Waals surface area contributed by atoms with Crippen molar-refractivity contribution in [3.05, 3.63) is 59.8 Å². The minimum atomic E-state index is -4.41. The second-order valence-electron chi connectivity index (χ2n) is 5.27. The van der Waals surface area contributed by atoms with Crippen molar-refractivity contribution < 1.29 is 22.9 Å². The summed E-state index contributed by atoms with van der Waals surface area (Å²) in [5.74, 6) is -0.669. The maximum absolute atomic E-state index is 12.2. The average Bonchev–Trinajstić information content (AvgIpc) is 2.56. The highest BCUT2D eigenvalue weighted by atomic mass is 32.2. The Kier molecular flexibility index (Phi) is 5.61. The van der Waals surface area contributed by atoms with Gasteiger partial charge < -0.3 is 15.7 Å². The van der Waals surface area contributed by atoms with Crippen LogP contribution < -0.4 is 10.6 Å². The van der Waals surface area contributed by atoms with Gasteiger partial charge >= 0.3 is 0 Å². The highest BCUT2D eigenvalue weighted by molar-refractivity contribution is 7.85. The molecule has 2 rings (SSSR count). The van der Waals surface area contributed by atoms with Gasteiger partial charge in [-0.3, -0.25) is 9.35 Å². The number of amides is 1. The van der Waals surface area contributed by atoms with Crippen LogP contribution >= 0.6 is 0 Å². The molecule has 1 amide bonds. The summed E-state index contributed by atoms with van der Waals surface area (Å²) in [6.45, 7) is 1.74. The van der Waals surface area contributed by atoms with Crippen LogP contribution in [0.4, 0.5) is 11.4 Å². The molecule has 8 nitrogen and oxygen atoms in total. The second-order valence-corrected chi connectivity index (χ2v) is 6.69. The van der Waals surface area contributed by atoms with Gasteiger partial charge in [-0.1, -0.05) is 6.07 Å². The van der Waals surface area contributed by atoms with Gasteiger partial charge in [-0.05, 0) is 48.9 Å². The van der Waals surface area contributed by atoms with Crippen molar-refractivity contribution in [3.63, 3.8) is 0 Å². The van der Waals surface area contributed by atoms with Crippen LogP contribution in [0.3, 0.4) is 0 Å². The summed E-state index contributed by atoms with van der Waals surface area (Å²) in [7, 11) is -4.41. The van der Waals surface area contributed by atoms with Crippen LogP contribution in [-0.2, 0) is 14.9 Å². The smallest absolute Gasteiger partial charge is 0.294 e. The summed E-state index contributed by atoms with van der Waals surface area (Å²) in [5.41, 5.74) is 1.15. The van der Waals surface area contributed by atoms with Crippen LogP contribution in [0.1, 0.15) is 5.56 Å². The molecule has 0 heterocycles. The Labute approximate surface area is 150 Å². The Bertz CT molecular complexity index is 1020. The first kappa shape index (κ1) is 19.0. The third-order valence-corrected chi connectivity index (χ3v) is 4.19. The number of aromatic hydroxyl groups is 1. The van der Waals surface area contributed by atoms with Gasteiger partial charge in [0.15, 0.2) is 0 Å². The van der Waals surface area contributed by atoms with Crippen molar-refractivity contribution in [1.82, 2.24) is 0 Å². The number of carbonyl (C=O) groups is 1. The fourth-order valence-corrected chi connectivity index (χ4v) is 2.57. The molecule has 0 aliphatic carbocycles. The van der Waals surface area contributed by atoms with E-state index in [1.165, 1.54) is 36.5 Å². The fourth-order valence-electron chi connectivity index (χ4n) is 2.04. The second kappa shape index (κ2) is 7.69. The number of nitrogens with one attached hydrogen (secondary N) is 2. The molecule has 134 valence electrons. The quantitative estimate of drug-likeness (QED) is 0.273. The largest absolute Gasteiger partial charge is 0.508 e. The molecular formula is C17H15N3O5S. The standard InChI is InChI=1S/C17H15N3O5S/c1-11-7-14(21)5-6-16(11)19-10-12(9-18)17(22)20-13-3-2-4-15(8-13)26(23,24)25/h2-8,10,19,21H,1H3,(H,20,22)(H,23,24,25)/b12-10-. The summed E-state index contributed by atoms with van der Waals surface area (Å²) in [4.78, 5) is 11.8. The van der Waals surface area contributed by atoms with Crippen LogP contribution in [0.2, 0.25) is 0 Å². The zero-order chi connectivity index (χ0) is 19.3. The Hall–Kier alpha value is -3.35. The van der Waals surface area contributed by atoms with Gasteiger partial charge in [0, 0.05) is 17.6 Å². The number of phenols is 1. The molecular weight excluding hydrogens is 358 g/mol. The number of benzene rings is 2. The van der Waals surface area contributed by atoms with Gasteiger partial charge in [0.2, 0.25) is 0 Å². The van der Waals surface area contributed by atoms with E-state index in [-0.39, 0.29) is 21.9 Å². The van der Waals surface area contributed by atoms with Crippen molar-refractivity contribution >= 4 is 27.4 Å². The van der Waals surface area contributed by atoms with E-state index in [9.17, 15) is 18.3 Å². The lowest BCUT2D eigenvalue weighted by atomic mass is 10.2. The molecule has 0 saturated heterocycles. The minimum Gasteiger partial charge on any atom is -0.508 e. The topological polar surface area (TPSA) is 140 Å². The molecule has 9 heteroatoms. The summed E-state index contributed by atoms with van der Waals surface area (Å²) >= 11 is 0. The fraction of sp³-hybridized carbons (Fsp3) is 0.0588. The van der Waals surface area contributed by atoms with E-state index in [1.54, 1.807) is 19.1 Å². The number of aryl methyl sites for hydroxylation is 1. The number of carbonyl (C=O) groups excluding carboxylic acids is 1. The predicted octanol–water partition coefficient (Wildman–Crippen LogP) is 2.41.